The van der Waals surface area contributed by atoms with Gasteiger partial charge >= 0.3 is 0 Å². The molecule has 1 aliphatic rings. The zero-order valence-corrected chi connectivity index (χ0v) is 14.6. The van der Waals surface area contributed by atoms with E-state index in [1.165, 1.54) is 4.88 Å². The van der Waals surface area contributed by atoms with E-state index < -0.39 is 0 Å². The van der Waals surface area contributed by atoms with E-state index in [0.29, 0.717) is 17.7 Å². The van der Waals surface area contributed by atoms with Crippen molar-refractivity contribution in [2.24, 2.45) is 0 Å². The number of hydrogen-bond donors (Lipinski definition) is 2. The summed E-state index contributed by atoms with van der Waals surface area (Å²) in [6, 6.07) is 9.98. The molecule has 1 amide bonds. The van der Waals surface area contributed by atoms with Gasteiger partial charge in [0.2, 0.25) is 5.91 Å². The Balaban J connectivity index is 1.47. The summed E-state index contributed by atoms with van der Waals surface area (Å²) in [5, 5.41) is 3.56. The molecule has 0 radical (unpaired) electrons. The molecule has 7 heteroatoms. The van der Waals surface area contributed by atoms with Gasteiger partial charge in [0.1, 0.15) is 0 Å². The highest BCUT2D eigenvalue weighted by Gasteiger charge is 2.25. The summed E-state index contributed by atoms with van der Waals surface area (Å²) < 4.78 is 0. The summed E-state index contributed by atoms with van der Waals surface area (Å²) in [6.07, 6.45) is 1.85. The fourth-order valence-corrected chi connectivity index (χ4v) is 3.68. The van der Waals surface area contributed by atoms with Gasteiger partial charge in [-0.3, -0.25) is 14.6 Å². The highest BCUT2D eigenvalue weighted by molar-refractivity contribution is 7.15. The third-order valence-electron chi connectivity index (χ3n) is 4.20. The number of carbonyl (C=O) groups is 1. The van der Waals surface area contributed by atoms with E-state index in [1.807, 2.05) is 36.5 Å². The monoisotopic (exact) mass is 345 g/mol. The fraction of sp³-hybridized carbons (Fsp3) is 0.412. The van der Waals surface area contributed by atoms with E-state index in [-0.39, 0.29) is 5.91 Å². The number of nitrogen functional groups attached to an aromatic ring is 1. The van der Waals surface area contributed by atoms with Crippen LogP contribution in [0, 0.1) is 0 Å². The Kier molecular flexibility index (Phi) is 5.44. The molecule has 3 N–H and O–H groups in total. The molecule has 2 aromatic rings. The van der Waals surface area contributed by atoms with Gasteiger partial charge in [-0.2, -0.15) is 0 Å². The molecule has 1 unspecified atom stereocenters. The number of amides is 1. The second-order valence-corrected chi connectivity index (χ2v) is 7.28. The second kappa shape index (κ2) is 7.74. The van der Waals surface area contributed by atoms with Crippen LogP contribution in [0.4, 0.5) is 10.8 Å². The van der Waals surface area contributed by atoms with Crippen LogP contribution in [0.5, 0.6) is 0 Å². The van der Waals surface area contributed by atoms with Crippen molar-refractivity contribution < 1.29 is 4.79 Å². The van der Waals surface area contributed by atoms with Crippen LogP contribution in [0.2, 0.25) is 0 Å². The van der Waals surface area contributed by atoms with Crippen molar-refractivity contribution in [1.29, 1.82) is 0 Å². The van der Waals surface area contributed by atoms with E-state index in [2.05, 4.69) is 27.0 Å². The lowest BCUT2D eigenvalue weighted by Crippen LogP contribution is -2.52. The average molecular weight is 345 g/mol. The Bertz CT molecular complexity index is 675. The lowest BCUT2D eigenvalue weighted by atomic mass is 10.2. The van der Waals surface area contributed by atoms with Gasteiger partial charge in [-0.25, -0.2) is 4.98 Å². The Morgan fingerprint density at radius 3 is 2.83 bits per heavy atom. The third kappa shape index (κ3) is 4.53. The van der Waals surface area contributed by atoms with Gasteiger partial charge in [-0.05, 0) is 19.1 Å². The number of thiazole rings is 1. The van der Waals surface area contributed by atoms with E-state index in [4.69, 9.17) is 5.73 Å². The van der Waals surface area contributed by atoms with Crippen molar-refractivity contribution in [2.45, 2.75) is 19.5 Å². The summed E-state index contributed by atoms with van der Waals surface area (Å²) in [5.74, 6) is 0.0390. The van der Waals surface area contributed by atoms with Crippen LogP contribution in [-0.4, -0.2) is 52.9 Å². The van der Waals surface area contributed by atoms with Crippen LogP contribution in [0.15, 0.2) is 36.5 Å². The molecule has 128 valence electrons. The summed E-state index contributed by atoms with van der Waals surface area (Å²) in [7, 11) is 0. The molecule has 0 bridgehead atoms. The first-order valence-electron chi connectivity index (χ1n) is 8.11. The minimum Gasteiger partial charge on any atom is -0.375 e. The molecule has 1 aromatic heterocycles. The summed E-state index contributed by atoms with van der Waals surface area (Å²) in [5.41, 5.74) is 6.54. The smallest absolute Gasteiger partial charge is 0.238 e. The highest BCUT2D eigenvalue weighted by atomic mass is 32.1. The van der Waals surface area contributed by atoms with Gasteiger partial charge in [0.05, 0.1) is 6.54 Å². The number of hydrogen-bond acceptors (Lipinski definition) is 6. The zero-order chi connectivity index (χ0) is 16.9. The maximum atomic E-state index is 12.2. The molecule has 1 aromatic carbocycles. The number of para-hydroxylation sites is 1. The number of anilines is 2. The first kappa shape index (κ1) is 16.9. The van der Waals surface area contributed by atoms with Crippen molar-refractivity contribution >= 4 is 28.1 Å². The third-order valence-corrected chi connectivity index (χ3v) is 5.02. The second-order valence-electron chi connectivity index (χ2n) is 6.13. The van der Waals surface area contributed by atoms with Crippen molar-refractivity contribution in [3.8, 4) is 0 Å². The molecule has 1 atom stereocenters. The highest BCUT2D eigenvalue weighted by Crippen LogP contribution is 2.19. The molecule has 6 nitrogen and oxygen atoms in total. The average Bonchev–Trinajstić information content (AvgIpc) is 2.96. The molecule has 1 fully saturated rings. The number of carbonyl (C=O) groups excluding carboxylic acids is 1. The molecular formula is C17H23N5OS. The lowest BCUT2D eigenvalue weighted by Gasteiger charge is -2.39. The Morgan fingerprint density at radius 2 is 2.17 bits per heavy atom. The zero-order valence-electron chi connectivity index (χ0n) is 13.8. The minimum atomic E-state index is 0.0390. The Labute approximate surface area is 146 Å². The molecule has 0 saturated carbocycles. The lowest BCUT2D eigenvalue weighted by molar-refractivity contribution is -0.118. The van der Waals surface area contributed by atoms with Gasteiger partial charge in [0.15, 0.2) is 5.13 Å². The SMILES string of the molecule is CC1CN(CC(=O)Nc2ccccc2)CCN1Cc1cnc(N)s1. The number of rotatable bonds is 5. The number of nitrogens with two attached hydrogens (primary N) is 1. The predicted octanol–water partition coefficient (Wildman–Crippen LogP) is 1.87. The molecule has 1 saturated heterocycles. The van der Waals surface area contributed by atoms with Crippen LogP contribution in [0.25, 0.3) is 0 Å². The number of nitrogens with one attached hydrogen (secondary N) is 1. The van der Waals surface area contributed by atoms with E-state index in [0.717, 1.165) is 31.9 Å². The van der Waals surface area contributed by atoms with Crippen molar-refractivity contribution in [3.63, 3.8) is 0 Å². The standard InChI is InChI=1S/C17H23N5OS/c1-13-10-21(12-16(23)20-14-5-3-2-4-6-14)7-8-22(13)11-15-9-19-17(18)24-15/h2-6,9,13H,7-8,10-12H2,1H3,(H2,18,19)(H,20,23). The van der Waals surface area contributed by atoms with Crippen molar-refractivity contribution in [3.05, 3.63) is 41.4 Å². The number of piperazine rings is 1. The van der Waals surface area contributed by atoms with Crippen molar-refractivity contribution in [2.75, 3.05) is 37.2 Å². The minimum absolute atomic E-state index is 0.0390. The molecule has 3 rings (SSSR count). The van der Waals surface area contributed by atoms with Crippen molar-refractivity contribution in [1.82, 2.24) is 14.8 Å². The Hall–Kier alpha value is -1.96. The van der Waals surface area contributed by atoms with E-state index in [9.17, 15) is 4.79 Å². The van der Waals surface area contributed by atoms with Crippen LogP contribution in [0.3, 0.4) is 0 Å². The van der Waals surface area contributed by atoms with Gasteiger partial charge in [-0.1, -0.05) is 18.2 Å². The topological polar surface area (TPSA) is 74.5 Å². The molecule has 1 aliphatic heterocycles. The summed E-state index contributed by atoms with van der Waals surface area (Å²) >= 11 is 1.54. The molecule has 0 aliphatic carbocycles. The quantitative estimate of drug-likeness (QED) is 0.865. The molecule has 2 heterocycles. The van der Waals surface area contributed by atoms with Crippen LogP contribution in [0.1, 0.15) is 11.8 Å². The molecule has 24 heavy (non-hydrogen) atoms. The Morgan fingerprint density at radius 1 is 1.38 bits per heavy atom. The largest absolute Gasteiger partial charge is 0.375 e. The molecular weight excluding hydrogens is 322 g/mol. The number of benzene rings is 1. The fourth-order valence-electron chi connectivity index (χ4n) is 2.97. The number of nitrogens with zero attached hydrogens (tertiary/aromatic N) is 3. The maximum absolute atomic E-state index is 12.2. The van der Waals surface area contributed by atoms with Crippen LogP contribution >= 0.6 is 11.3 Å². The summed E-state index contributed by atoms with van der Waals surface area (Å²) in [6.45, 7) is 6.22. The van der Waals surface area contributed by atoms with Gasteiger partial charge in [0, 0.05) is 49.0 Å². The van der Waals surface area contributed by atoms with E-state index >= 15 is 0 Å². The summed E-state index contributed by atoms with van der Waals surface area (Å²) in [4.78, 5) is 22.1. The van der Waals surface area contributed by atoms with Gasteiger partial charge in [0.25, 0.3) is 0 Å². The number of aromatic nitrogens is 1. The van der Waals surface area contributed by atoms with Gasteiger partial charge < -0.3 is 11.1 Å². The van der Waals surface area contributed by atoms with Crippen LogP contribution < -0.4 is 11.1 Å². The normalized spacial score (nSPS) is 19.3. The first-order valence-corrected chi connectivity index (χ1v) is 8.93. The predicted molar refractivity (Wildman–Crippen MR) is 97.9 cm³/mol. The van der Waals surface area contributed by atoms with E-state index in [1.54, 1.807) is 11.3 Å². The van der Waals surface area contributed by atoms with Gasteiger partial charge in [-0.15, -0.1) is 11.3 Å². The maximum Gasteiger partial charge on any atom is 0.238 e. The molecule has 0 spiro atoms. The van der Waals surface area contributed by atoms with Crippen LogP contribution in [-0.2, 0) is 11.3 Å². The first-order chi connectivity index (χ1) is 11.6.